The van der Waals surface area contributed by atoms with Crippen LogP contribution in [0.1, 0.15) is 18.6 Å². The fourth-order valence-corrected chi connectivity index (χ4v) is 2.59. The van der Waals surface area contributed by atoms with Crippen LogP contribution < -0.4 is 5.46 Å². The van der Waals surface area contributed by atoms with Crippen LogP contribution in [-0.4, -0.2) is 17.2 Å². The van der Waals surface area contributed by atoms with Gasteiger partial charge in [-0.25, -0.2) is 0 Å². The summed E-state index contributed by atoms with van der Waals surface area (Å²) in [5.74, 6) is 0. The zero-order chi connectivity index (χ0) is 19.5. The summed E-state index contributed by atoms with van der Waals surface area (Å²) in [6, 6.07) is 23.5. The molecular formula is C21H24BBr2IO2. The fraction of sp³-hybridized carbons (Fsp3) is 0.143. The molecule has 0 aromatic heterocycles. The molecule has 2 nitrogen and oxygen atoms in total. The van der Waals surface area contributed by atoms with Crippen molar-refractivity contribution in [2.75, 3.05) is 0 Å². The van der Waals surface area contributed by atoms with Crippen LogP contribution in [0.3, 0.4) is 0 Å². The first-order chi connectivity index (χ1) is 12.3. The van der Waals surface area contributed by atoms with E-state index < -0.39 is 7.12 Å². The maximum absolute atomic E-state index is 8.67. The van der Waals surface area contributed by atoms with Gasteiger partial charge >= 0.3 is 7.12 Å². The topological polar surface area (TPSA) is 40.5 Å². The SMILES string of the molecule is Brc1ccc(I)cc1.C.Cc1ccc(B(O)O)cc1.Cc1ccc(Br)cc1. The highest BCUT2D eigenvalue weighted by Gasteiger charge is 2.08. The van der Waals surface area contributed by atoms with Crippen molar-refractivity contribution in [1.82, 2.24) is 0 Å². The molecule has 3 aromatic rings. The number of hydrogen-bond donors (Lipinski definition) is 2. The van der Waals surface area contributed by atoms with Crippen molar-refractivity contribution in [2.24, 2.45) is 0 Å². The van der Waals surface area contributed by atoms with Crippen LogP contribution in [0, 0.1) is 17.4 Å². The summed E-state index contributed by atoms with van der Waals surface area (Å²) in [7, 11) is -1.35. The highest BCUT2D eigenvalue weighted by Crippen LogP contribution is 2.11. The van der Waals surface area contributed by atoms with E-state index in [-0.39, 0.29) is 7.43 Å². The maximum Gasteiger partial charge on any atom is 0.488 e. The van der Waals surface area contributed by atoms with Crippen molar-refractivity contribution in [3.05, 3.63) is 96.4 Å². The molecule has 0 radical (unpaired) electrons. The predicted octanol–water partition coefficient (Wildman–Crippen LogP) is 6.12. The normalized spacial score (nSPS) is 9.00. The van der Waals surface area contributed by atoms with Crippen LogP contribution in [0.5, 0.6) is 0 Å². The van der Waals surface area contributed by atoms with Crippen molar-refractivity contribution >= 4 is 67.0 Å². The standard InChI is InChI=1S/C7H9BO2.C7H7Br.C6H4BrI.CH4/c1-6-2-4-7(5-3-6)8(9)10;1-6-2-4-7(8)5-3-6;7-5-1-3-6(8)4-2-5;/h2-5,9-10H,1H3;2-5H,1H3;1-4H;1H4. The minimum Gasteiger partial charge on any atom is -0.423 e. The first kappa shape index (κ1) is 26.3. The van der Waals surface area contributed by atoms with Gasteiger partial charge in [0.15, 0.2) is 0 Å². The van der Waals surface area contributed by atoms with Gasteiger partial charge in [0.25, 0.3) is 0 Å². The van der Waals surface area contributed by atoms with Crippen molar-refractivity contribution in [3.63, 3.8) is 0 Å². The van der Waals surface area contributed by atoms with E-state index in [2.05, 4.69) is 85.6 Å². The van der Waals surface area contributed by atoms with Gasteiger partial charge in [0.2, 0.25) is 0 Å². The molecule has 0 saturated carbocycles. The van der Waals surface area contributed by atoms with Gasteiger partial charge in [0, 0.05) is 12.5 Å². The third-order valence-corrected chi connectivity index (χ3v) is 4.97. The molecule has 0 spiro atoms. The van der Waals surface area contributed by atoms with Gasteiger partial charge < -0.3 is 10.0 Å². The van der Waals surface area contributed by atoms with Crippen molar-refractivity contribution in [1.29, 1.82) is 0 Å². The van der Waals surface area contributed by atoms with Crippen LogP contribution in [-0.2, 0) is 0 Å². The van der Waals surface area contributed by atoms with Crippen LogP contribution in [0.15, 0.2) is 81.7 Å². The Kier molecular flexibility index (Phi) is 14.0. The quantitative estimate of drug-likeness (QED) is 0.259. The maximum atomic E-state index is 8.67. The number of aryl methyl sites for hydroxylation is 2. The lowest BCUT2D eigenvalue weighted by Crippen LogP contribution is -2.29. The van der Waals surface area contributed by atoms with Crippen LogP contribution in [0.2, 0.25) is 0 Å². The summed E-state index contributed by atoms with van der Waals surface area (Å²) in [4.78, 5) is 0. The third-order valence-electron chi connectivity index (χ3n) is 3.19. The lowest BCUT2D eigenvalue weighted by molar-refractivity contribution is 0.426. The Hall–Kier alpha value is -0.665. The van der Waals surface area contributed by atoms with E-state index in [1.165, 1.54) is 9.13 Å². The van der Waals surface area contributed by atoms with E-state index in [0.29, 0.717) is 5.46 Å². The molecule has 0 unspecified atom stereocenters. The number of benzene rings is 3. The molecule has 0 aliphatic heterocycles. The minimum absolute atomic E-state index is 0. The Labute approximate surface area is 193 Å². The van der Waals surface area contributed by atoms with Crippen LogP contribution >= 0.6 is 54.5 Å². The Morgan fingerprint density at radius 3 is 1.30 bits per heavy atom. The predicted molar refractivity (Wildman–Crippen MR) is 133 cm³/mol. The second-order valence-corrected chi connectivity index (χ2v) is 8.59. The highest BCUT2D eigenvalue weighted by atomic mass is 127. The van der Waals surface area contributed by atoms with Crippen molar-refractivity contribution in [3.8, 4) is 0 Å². The second kappa shape index (κ2) is 14.3. The summed E-state index contributed by atoms with van der Waals surface area (Å²) in [5, 5.41) is 17.3. The zero-order valence-corrected chi connectivity index (χ0v) is 19.9. The monoisotopic (exact) mass is 604 g/mol. The van der Waals surface area contributed by atoms with Gasteiger partial charge in [-0.3, -0.25) is 0 Å². The summed E-state index contributed by atoms with van der Waals surface area (Å²) in [6.45, 7) is 4.03. The molecule has 0 aliphatic carbocycles. The van der Waals surface area contributed by atoms with E-state index in [4.69, 9.17) is 10.0 Å². The molecule has 6 heteroatoms. The van der Waals surface area contributed by atoms with Gasteiger partial charge in [-0.2, -0.15) is 0 Å². The molecule has 0 amide bonds. The Morgan fingerprint density at radius 1 is 0.667 bits per heavy atom. The molecule has 3 aromatic carbocycles. The molecule has 2 N–H and O–H groups in total. The van der Waals surface area contributed by atoms with E-state index in [1.807, 2.05) is 43.3 Å². The lowest BCUT2D eigenvalue weighted by Gasteiger charge is -1.97. The van der Waals surface area contributed by atoms with Crippen molar-refractivity contribution in [2.45, 2.75) is 21.3 Å². The van der Waals surface area contributed by atoms with Gasteiger partial charge in [0.1, 0.15) is 0 Å². The molecule has 0 bridgehead atoms. The summed E-state index contributed by atoms with van der Waals surface area (Å²) < 4.78 is 3.55. The third kappa shape index (κ3) is 12.4. The number of rotatable bonds is 1. The average molecular weight is 606 g/mol. The van der Waals surface area contributed by atoms with Gasteiger partial charge in [-0.1, -0.05) is 86.8 Å². The Morgan fingerprint density at radius 2 is 1.00 bits per heavy atom. The molecular weight excluding hydrogens is 582 g/mol. The van der Waals surface area contributed by atoms with Crippen LogP contribution in [0.25, 0.3) is 0 Å². The molecule has 3 rings (SSSR count). The molecule has 0 atom stereocenters. The second-order valence-electron chi connectivity index (χ2n) is 5.52. The summed E-state index contributed by atoms with van der Waals surface area (Å²) in [5.41, 5.74) is 2.95. The number of halogens is 3. The highest BCUT2D eigenvalue weighted by molar-refractivity contribution is 14.1. The molecule has 0 fully saturated rings. The first-order valence-electron chi connectivity index (χ1n) is 7.84. The van der Waals surface area contributed by atoms with E-state index in [0.717, 1.165) is 14.5 Å². The molecule has 27 heavy (non-hydrogen) atoms. The smallest absolute Gasteiger partial charge is 0.423 e. The average Bonchev–Trinajstić information content (AvgIpc) is 2.62. The van der Waals surface area contributed by atoms with Crippen molar-refractivity contribution < 1.29 is 10.0 Å². The van der Waals surface area contributed by atoms with E-state index in [9.17, 15) is 0 Å². The number of hydrogen-bond acceptors (Lipinski definition) is 2. The van der Waals surface area contributed by atoms with E-state index in [1.54, 1.807) is 12.1 Å². The minimum atomic E-state index is -1.35. The Bertz CT molecular complexity index is 676. The molecule has 0 saturated heterocycles. The van der Waals surface area contributed by atoms with Gasteiger partial charge in [0.05, 0.1) is 0 Å². The summed E-state index contributed by atoms with van der Waals surface area (Å²) in [6.07, 6.45) is 0. The van der Waals surface area contributed by atoms with Gasteiger partial charge in [-0.05, 0) is 78.3 Å². The molecule has 144 valence electrons. The Balaban J connectivity index is 0.000000372. The molecule has 0 heterocycles. The first-order valence-corrected chi connectivity index (χ1v) is 10.5. The van der Waals surface area contributed by atoms with Crippen LogP contribution in [0.4, 0.5) is 0 Å². The zero-order valence-electron chi connectivity index (χ0n) is 14.5. The van der Waals surface area contributed by atoms with Gasteiger partial charge in [-0.15, -0.1) is 0 Å². The van der Waals surface area contributed by atoms with E-state index >= 15 is 0 Å². The largest absolute Gasteiger partial charge is 0.488 e. The lowest BCUT2D eigenvalue weighted by atomic mass is 9.80. The fourth-order valence-electron chi connectivity index (χ4n) is 1.70. The summed E-state index contributed by atoms with van der Waals surface area (Å²) >= 11 is 8.96. The molecule has 0 aliphatic rings.